The molecule has 4 nitrogen and oxygen atoms in total. The fourth-order valence-corrected chi connectivity index (χ4v) is 2.27. The molecular formula is C16H27N3O. The van der Waals surface area contributed by atoms with E-state index in [1.807, 2.05) is 19.1 Å². The zero-order valence-corrected chi connectivity index (χ0v) is 13.0. The van der Waals surface area contributed by atoms with Crippen molar-refractivity contribution in [1.82, 2.24) is 10.3 Å². The zero-order chi connectivity index (χ0) is 15.1. The molecule has 112 valence electrons. The smallest absolute Gasteiger partial charge is 0.241 e. The van der Waals surface area contributed by atoms with E-state index in [9.17, 15) is 4.79 Å². The first-order chi connectivity index (χ1) is 9.49. The molecule has 0 radical (unpaired) electrons. The van der Waals surface area contributed by atoms with Crippen molar-refractivity contribution in [2.45, 2.75) is 52.1 Å². The van der Waals surface area contributed by atoms with Gasteiger partial charge in [-0.3, -0.25) is 15.1 Å². The average Bonchev–Trinajstić information content (AvgIpc) is 2.46. The molecule has 0 aromatic heterocycles. The summed E-state index contributed by atoms with van der Waals surface area (Å²) in [6, 6.07) is 8.78. The van der Waals surface area contributed by atoms with Crippen LogP contribution in [0.2, 0.25) is 0 Å². The van der Waals surface area contributed by atoms with Crippen molar-refractivity contribution >= 4 is 5.91 Å². The molecular weight excluding hydrogens is 250 g/mol. The SMILES string of the molecule is CCCC(C)N(C)Cc1ccc(C(C)C(=O)NN)cc1. The lowest BCUT2D eigenvalue weighted by Crippen LogP contribution is -2.33. The first-order valence-corrected chi connectivity index (χ1v) is 7.29. The van der Waals surface area contributed by atoms with E-state index in [0.717, 1.165) is 12.1 Å². The van der Waals surface area contributed by atoms with Gasteiger partial charge in [-0.25, -0.2) is 5.84 Å². The number of hydrogen-bond donors (Lipinski definition) is 2. The molecule has 0 saturated carbocycles. The van der Waals surface area contributed by atoms with Gasteiger partial charge in [0.25, 0.3) is 0 Å². The summed E-state index contributed by atoms with van der Waals surface area (Å²) < 4.78 is 0. The third-order valence-corrected chi connectivity index (χ3v) is 3.91. The van der Waals surface area contributed by atoms with Crippen LogP contribution in [-0.2, 0) is 11.3 Å². The summed E-state index contributed by atoms with van der Waals surface area (Å²) in [6.45, 7) is 7.25. The standard InChI is InChI=1S/C16H27N3O/c1-5-6-12(2)19(4)11-14-7-9-15(10-8-14)13(3)16(20)18-17/h7-10,12-13H,5-6,11,17H2,1-4H3,(H,18,20). The van der Waals surface area contributed by atoms with Crippen LogP contribution < -0.4 is 11.3 Å². The van der Waals surface area contributed by atoms with Gasteiger partial charge in [-0.15, -0.1) is 0 Å². The van der Waals surface area contributed by atoms with Crippen LogP contribution in [0.25, 0.3) is 0 Å². The van der Waals surface area contributed by atoms with Crippen LogP contribution in [0.15, 0.2) is 24.3 Å². The zero-order valence-electron chi connectivity index (χ0n) is 13.0. The van der Waals surface area contributed by atoms with Crippen molar-refractivity contribution in [1.29, 1.82) is 0 Å². The van der Waals surface area contributed by atoms with Crippen LogP contribution in [0.5, 0.6) is 0 Å². The topological polar surface area (TPSA) is 58.4 Å². The highest BCUT2D eigenvalue weighted by Gasteiger charge is 2.14. The number of hydrazine groups is 1. The normalized spacial score (nSPS) is 14.1. The van der Waals surface area contributed by atoms with Gasteiger partial charge >= 0.3 is 0 Å². The molecule has 3 N–H and O–H groups in total. The number of carbonyl (C=O) groups excluding carboxylic acids is 1. The highest BCUT2D eigenvalue weighted by Crippen LogP contribution is 2.17. The van der Waals surface area contributed by atoms with Crippen LogP contribution >= 0.6 is 0 Å². The van der Waals surface area contributed by atoms with Crippen molar-refractivity contribution in [3.63, 3.8) is 0 Å². The fourth-order valence-electron chi connectivity index (χ4n) is 2.27. The number of nitrogens with two attached hydrogens (primary N) is 1. The van der Waals surface area contributed by atoms with Crippen LogP contribution in [0, 0.1) is 0 Å². The van der Waals surface area contributed by atoms with Gasteiger partial charge in [0.2, 0.25) is 5.91 Å². The molecule has 0 aliphatic carbocycles. The minimum atomic E-state index is -0.217. The van der Waals surface area contributed by atoms with E-state index >= 15 is 0 Å². The number of nitrogens with zero attached hydrogens (tertiary/aromatic N) is 1. The Bertz CT molecular complexity index is 416. The molecule has 4 heteroatoms. The van der Waals surface area contributed by atoms with Gasteiger partial charge in [0.15, 0.2) is 0 Å². The summed E-state index contributed by atoms with van der Waals surface area (Å²) in [5, 5.41) is 0. The fraction of sp³-hybridized carbons (Fsp3) is 0.562. The number of hydrogen-bond acceptors (Lipinski definition) is 3. The number of rotatable bonds is 7. The maximum atomic E-state index is 11.5. The monoisotopic (exact) mass is 277 g/mol. The van der Waals surface area contributed by atoms with Gasteiger partial charge in [-0.2, -0.15) is 0 Å². The molecule has 20 heavy (non-hydrogen) atoms. The summed E-state index contributed by atoms with van der Waals surface area (Å²) >= 11 is 0. The highest BCUT2D eigenvalue weighted by molar-refractivity contribution is 5.82. The molecule has 0 fully saturated rings. The average molecular weight is 277 g/mol. The molecule has 2 unspecified atom stereocenters. The van der Waals surface area contributed by atoms with E-state index in [4.69, 9.17) is 5.84 Å². The Balaban J connectivity index is 2.65. The highest BCUT2D eigenvalue weighted by atomic mass is 16.2. The number of carbonyl (C=O) groups is 1. The Morgan fingerprint density at radius 3 is 2.40 bits per heavy atom. The lowest BCUT2D eigenvalue weighted by molar-refractivity contribution is -0.122. The van der Waals surface area contributed by atoms with E-state index < -0.39 is 0 Å². The van der Waals surface area contributed by atoms with Gasteiger partial charge in [0.05, 0.1) is 5.92 Å². The molecule has 0 spiro atoms. The third kappa shape index (κ3) is 4.62. The predicted molar refractivity (Wildman–Crippen MR) is 83.0 cm³/mol. The molecule has 1 rings (SSSR count). The first-order valence-electron chi connectivity index (χ1n) is 7.29. The molecule has 1 aromatic rings. The van der Waals surface area contributed by atoms with Crippen molar-refractivity contribution < 1.29 is 4.79 Å². The van der Waals surface area contributed by atoms with E-state index in [-0.39, 0.29) is 11.8 Å². The van der Waals surface area contributed by atoms with Crippen LogP contribution in [-0.4, -0.2) is 23.9 Å². The largest absolute Gasteiger partial charge is 0.299 e. The molecule has 2 atom stereocenters. The molecule has 0 aliphatic rings. The summed E-state index contributed by atoms with van der Waals surface area (Å²) in [6.07, 6.45) is 2.42. The minimum absolute atomic E-state index is 0.161. The van der Waals surface area contributed by atoms with E-state index in [1.54, 1.807) is 0 Å². The van der Waals surface area contributed by atoms with Gasteiger partial charge in [0, 0.05) is 12.6 Å². The summed E-state index contributed by atoms with van der Waals surface area (Å²) in [5.41, 5.74) is 4.44. The number of nitrogens with one attached hydrogen (secondary N) is 1. The molecule has 0 heterocycles. The second kappa shape index (κ2) is 8.02. The van der Waals surface area contributed by atoms with Crippen molar-refractivity contribution in [3.8, 4) is 0 Å². The van der Waals surface area contributed by atoms with Gasteiger partial charge in [-0.05, 0) is 38.4 Å². The summed E-state index contributed by atoms with van der Waals surface area (Å²) in [7, 11) is 2.15. The van der Waals surface area contributed by atoms with Crippen molar-refractivity contribution in [3.05, 3.63) is 35.4 Å². The molecule has 1 aromatic carbocycles. The quantitative estimate of drug-likeness (QED) is 0.457. The van der Waals surface area contributed by atoms with E-state index in [0.29, 0.717) is 6.04 Å². The first kappa shape index (κ1) is 16.7. The minimum Gasteiger partial charge on any atom is -0.299 e. The van der Waals surface area contributed by atoms with Gasteiger partial charge in [-0.1, -0.05) is 37.6 Å². The number of benzene rings is 1. The summed E-state index contributed by atoms with van der Waals surface area (Å²) in [4.78, 5) is 13.8. The lowest BCUT2D eigenvalue weighted by Gasteiger charge is -2.24. The Labute approximate surface area is 122 Å². The Morgan fingerprint density at radius 1 is 1.30 bits per heavy atom. The maximum absolute atomic E-state index is 11.5. The van der Waals surface area contributed by atoms with E-state index in [2.05, 4.69) is 43.4 Å². The second-order valence-corrected chi connectivity index (χ2v) is 5.52. The molecule has 1 amide bonds. The van der Waals surface area contributed by atoms with Gasteiger partial charge in [0.1, 0.15) is 0 Å². The third-order valence-electron chi connectivity index (χ3n) is 3.91. The van der Waals surface area contributed by atoms with Crippen LogP contribution in [0.1, 0.15) is 50.7 Å². The van der Waals surface area contributed by atoms with Crippen LogP contribution in [0.3, 0.4) is 0 Å². The number of amides is 1. The predicted octanol–water partition coefficient (Wildman–Crippen LogP) is 2.40. The molecule has 0 aliphatic heterocycles. The Hall–Kier alpha value is -1.39. The van der Waals surface area contributed by atoms with Crippen LogP contribution in [0.4, 0.5) is 0 Å². The maximum Gasteiger partial charge on any atom is 0.241 e. The van der Waals surface area contributed by atoms with Gasteiger partial charge < -0.3 is 0 Å². The molecule has 0 saturated heterocycles. The van der Waals surface area contributed by atoms with Crippen molar-refractivity contribution in [2.24, 2.45) is 5.84 Å². The Morgan fingerprint density at radius 2 is 1.90 bits per heavy atom. The lowest BCUT2D eigenvalue weighted by atomic mass is 9.99. The molecule has 0 bridgehead atoms. The second-order valence-electron chi connectivity index (χ2n) is 5.52. The Kier molecular flexibility index (Phi) is 6.68. The van der Waals surface area contributed by atoms with E-state index in [1.165, 1.54) is 18.4 Å². The summed E-state index contributed by atoms with van der Waals surface area (Å²) in [5.74, 6) is 4.78. The van der Waals surface area contributed by atoms with Crippen molar-refractivity contribution in [2.75, 3.05) is 7.05 Å².